The number of hydrogen-bond donors (Lipinski definition) is 1. The van der Waals surface area contributed by atoms with Gasteiger partial charge in [0.2, 0.25) is 5.91 Å². The highest BCUT2D eigenvalue weighted by Crippen LogP contribution is 2.28. The Kier molecular flexibility index (Phi) is 4.20. The van der Waals surface area contributed by atoms with Gasteiger partial charge >= 0.3 is 0 Å². The van der Waals surface area contributed by atoms with Crippen LogP contribution in [-0.4, -0.2) is 13.0 Å². The molecule has 0 saturated heterocycles. The van der Waals surface area contributed by atoms with E-state index in [-0.39, 0.29) is 12.4 Å². The molecule has 1 amide bonds. The highest BCUT2D eigenvalue weighted by Gasteiger charge is 2.09. The van der Waals surface area contributed by atoms with Gasteiger partial charge in [0.1, 0.15) is 12.4 Å². The van der Waals surface area contributed by atoms with E-state index >= 15 is 0 Å². The Labute approximate surface area is 115 Å². The molecule has 0 aliphatic rings. The number of ether oxygens (including phenoxy) is 2. The summed E-state index contributed by atoms with van der Waals surface area (Å²) in [6.45, 7) is 0.163. The van der Waals surface area contributed by atoms with E-state index in [1.807, 2.05) is 0 Å². The van der Waals surface area contributed by atoms with E-state index in [1.54, 1.807) is 24.3 Å². The van der Waals surface area contributed by atoms with Crippen LogP contribution in [0.15, 0.2) is 42.5 Å². The molecule has 2 aromatic carbocycles. The van der Waals surface area contributed by atoms with E-state index in [0.717, 1.165) is 0 Å². The first-order valence-electron chi connectivity index (χ1n) is 5.95. The van der Waals surface area contributed by atoms with Crippen molar-refractivity contribution in [3.8, 4) is 11.5 Å². The van der Waals surface area contributed by atoms with Gasteiger partial charge in [-0.05, 0) is 35.9 Å². The number of amides is 1. The lowest BCUT2D eigenvalue weighted by atomic mass is 10.2. The smallest absolute Gasteiger partial charge is 0.248 e. The number of hydrogen-bond acceptors (Lipinski definition) is 3. The van der Waals surface area contributed by atoms with Crippen LogP contribution in [0.4, 0.5) is 4.39 Å². The van der Waals surface area contributed by atoms with Crippen molar-refractivity contribution < 1.29 is 18.7 Å². The van der Waals surface area contributed by atoms with Crippen LogP contribution in [0.3, 0.4) is 0 Å². The molecule has 104 valence electrons. The van der Waals surface area contributed by atoms with E-state index in [2.05, 4.69) is 0 Å². The van der Waals surface area contributed by atoms with Gasteiger partial charge in [0.15, 0.2) is 11.5 Å². The molecule has 0 aliphatic heterocycles. The molecular weight excluding hydrogens is 261 g/mol. The molecule has 0 atom stereocenters. The van der Waals surface area contributed by atoms with Crippen molar-refractivity contribution in [2.24, 2.45) is 5.73 Å². The summed E-state index contributed by atoms with van der Waals surface area (Å²) in [7, 11) is 1.49. The maximum Gasteiger partial charge on any atom is 0.248 e. The molecule has 0 unspecified atom stereocenters. The standard InChI is InChI=1S/C15H14FNO3/c1-19-13-6-5-11(15(17)18)8-14(13)20-9-10-3-2-4-12(16)7-10/h2-8H,9H2,1H3,(H2,17,18). The Hall–Kier alpha value is -2.56. The van der Waals surface area contributed by atoms with E-state index < -0.39 is 5.91 Å². The zero-order valence-electron chi connectivity index (χ0n) is 10.9. The summed E-state index contributed by atoms with van der Waals surface area (Å²) in [4.78, 5) is 11.1. The van der Waals surface area contributed by atoms with Crippen LogP contribution in [0.1, 0.15) is 15.9 Å². The first-order chi connectivity index (χ1) is 9.60. The largest absolute Gasteiger partial charge is 0.493 e. The summed E-state index contributed by atoms with van der Waals surface area (Å²) in [5.74, 6) is -0.0216. The Morgan fingerprint density at radius 3 is 2.65 bits per heavy atom. The van der Waals surface area contributed by atoms with Crippen LogP contribution in [0.2, 0.25) is 0 Å². The molecule has 0 fully saturated rings. The summed E-state index contributed by atoms with van der Waals surface area (Å²) in [5.41, 5.74) is 6.21. The second-order valence-corrected chi connectivity index (χ2v) is 4.15. The van der Waals surface area contributed by atoms with Crippen LogP contribution >= 0.6 is 0 Å². The topological polar surface area (TPSA) is 61.5 Å². The third-order valence-corrected chi connectivity index (χ3v) is 2.73. The maximum absolute atomic E-state index is 13.1. The quantitative estimate of drug-likeness (QED) is 0.912. The van der Waals surface area contributed by atoms with Gasteiger partial charge in [0, 0.05) is 5.56 Å². The van der Waals surface area contributed by atoms with Gasteiger partial charge in [-0.2, -0.15) is 0 Å². The van der Waals surface area contributed by atoms with E-state index in [9.17, 15) is 9.18 Å². The summed E-state index contributed by atoms with van der Waals surface area (Å²) in [6.07, 6.45) is 0. The molecule has 20 heavy (non-hydrogen) atoms. The molecule has 4 nitrogen and oxygen atoms in total. The van der Waals surface area contributed by atoms with Crippen molar-refractivity contribution >= 4 is 5.91 Å². The number of methoxy groups -OCH3 is 1. The number of nitrogens with two attached hydrogens (primary N) is 1. The molecular formula is C15H14FNO3. The van der Waals surface area contributed by atoms with Crippen LogP contribution in [-0.2, 0) is 6.61 Å². The Morgan fingerprint density at radius 1 is 1.20 bits per heavy atom. The van der Waals surface area contributed by atoms with Gasteiger partial charge in [-0.1, -0.05) is 12.1 Å². The predicted octanol–water partition coefficient (Wildman–Crippen LogP) is 2.51. The number of primary amides is 1. The minimum absolute atomic E-state index is 0.163. The first-order valence-corrected chi connectivity index (χ1v) is 5.95. The van der Waals surface area contributed by atoms with Gasteiger partial charge in [-0.25, -0.2) is 4.39 Å². The van der Waals surface area contributed by atoms with E-state index in [1.165, 1.54) is 25.3 Å². The number of halogens is 1. The average Bonchev–Trinajstić information content (AvgIpc) is 2.44. The fourth-order valence-electron chi connectivity index (χ4n) is 1.73. The van der Waals surface area contributed by atoms with Crippen LogP contribution in [0.5, 0.6) is 11.5 Å². The molecule has 0 heterocycles. The van der Waals surface area contributed by atoms with Crippen molar-refractivity contribution in [3.05, 3.63) is 59.4 Å². The Balaban J connectivity index is 2.19. The van der Waals surface area contributed by atoms with Crippen molar-refractivity contribution in [1.82, 2.24) is 0 Å². The molecule has 2 aromatic rings. The van der Waals surface area contributed by atoms with Crippen LogP contribution in [0.25, 0.3) is 0 Å². The van der Waals surface area contributed by atoms with E-state index in [4.69, 9.17) is 15.2 Å². The summed E-state index contributed by atoms with van der Waals surface area (Å²) >= 11 is 0. The second kappa shape index (κ2) is 6.06. The highest BCUT2D eigenvalue weighted by molar-refractivity contribution is 5.93. The number of carbonyl (C=O) groups is 1. The fourth-order valence-corrected chi connectivity index (χ4v) is 1.73. The molecule has 0 spiro atoms. The lowest BCUT2D eigenvalue weighted by Crippen LogP contribution is -2.11. The summed E-state index contributed by atoms with van der Waals surface area (Å²) in [5, 5.41) is 0. The summed E-state index contributed by atoms with van der Waals surface area (Å²) in [6, 6.07) is 10.7. The SMILES string of the molecule is COc1ccc(C(N)=O)cc1OCc1cccc(F)c1. The molecule has 0 aliphatic carbocycles. The zero-order chi connectivity index (χ0) is 14.5. The molecule has 5 heteroatoms. The number of rotatable bonds is 5. The van der Waals surface area contributed by atoms with Crippen molar-refractivity contribution in [2.75, 3.05) is 7.11 Å². The molecule has 0 radical (unpaired) electrons. The molecule has 0 aromatic heterocycles. The minimum Gasteiger partial charge on any atom is -0.493 e. The fraction of sp³-hybridized carbons (Fsp3) is 0.133. The third-order valence-electron chi connectivity index (χ3n) is 2.73. The number of benzene rings is 2. The molecule has 2 rings (SSSR count). The Morgan fingerprint density at radius 2 is 2.00 bits per heavy atom. The monoisotopic (exact) mass is 275 g/mol. The van der Waals surface area contributed by atoms with Crippen molar-refractivity contribution in [2.45, 2.75) is 6.61 Å². The normalized spacial score (nSPS) is 10.1. The Bertz CT molecular complexity index is 628. The van der Waals surface area contributed by atoms with E-state index in [0.29, 0.717) is 22.6 Å². The third kappa shape index (κ3) is 3.26. The lowest BCUT2D eigenvalue weighted by Gasteiger charge is -2.11. The van der Waals surface area contributed by atoms with Gasteiger partial charge in [0.25, 0.3) is 0 Å². The first kappa shape index (κ1) is 13.9. The van der Waals surface area contributed by atoms with Crippen molar-refractivity contribution in [3.63, 3.8) is 0 Å². The van der Waals surface area contributed by atoms with Gasteiger partial charge in [0.05, 0.1) is 7.11 Å². The predicted molar refractivity (Wildman–Crippen MR) is 72.2 cm³/mol. The highest BCUT2D eigenvalue weighted by atomic mass is 19.1. The molecule has 0 bridgehead atoms. The maximum atomic E-state index is 13.1. The van der Waals surface area contributed by atoms with Crippen molar-refractivity contribution in [1.29, 1.82) is 0 Å². The van der Waals surface area contributed by atoms with Crippen LogP contribution < -0.4 is 15.2 Å². The van der Waals surface area contributed by atoms with Gasteiger partial charge in [-0.15, -0.1) is 0 Å². The molecule has 2 N–H and O–H groups in total. The van der Waals surface area contributed by atoms with Crippen LogP contribution in [0, 0.1) is 5.82 Å². The average molecular weight is 275 g/mol. The zero-order valence-corrected chi connectivity index (χ0v) is 10.9. The van der Waals surface area contributed by atoms with Gasteiger partial charge in [-0.3, -0.25) is 4.79 Å². The lowest BCUT2D eigenvalue weighted by molar-refractivity contribution is 0.0999. The van der Waals surface area contributed by atoms with Gasteiger partial charge < -0.3 is 15.2 Å². The minimum atomic E-state index is -0.553. The summed E-state index contributed by atoms with van der Waals surface area (Å²) < 4.78 is 23.8. The molecule has 0 saturated carbocycles. The second-order valence-electron chi connectivity index (χ2n) is 4.15. The number of carbonyl (C=O) groups excluding carboxylic acids is 1.